The van der Waals surface area contributed by atoms with Crippen LogP contribution < -0.4 is 15.2 Å². The summed E-state index contributed by atoms with van der Waals surface area (Å²) in [5.41, 5.74) is 5.78. The third kappa shape index (κ3) is 4.10. The van der Waals surface area contributed by atoms with Gasteiger partial charge in [-0.2, -0.15) is 0 Å². The second kappa shape index (κ2) is 6.58. The van der Waals surface area contributed by atoms with E-state index in [0.29, 0.717) is 5.75 Å². The molecule has 0 aliphatic rings. The topological polar surface area (TPSA) is 102 Å². The quantitative estimate of drug-likeness (QED) is 0.722. The molecule has 8 heteroatoms. The molecule has 3 N–H and O–H groups in total. The number of rotatable bonds is 6. The van der Waals surface area contributed by atoms with Gasteiger partial charge in [-0.1, -0.05) is 0 Å². The lowest BCUT2D eigenvalue weighted by Gasteiger charge is -2.12. The van der Waals surface area contributed by atoms with Crippen LogP contribution in [0.1, 0.15) is 6.42 Å². The van der Waals surface area contributed by atoms with Crippen molar-refractivity contribution < 1.29 is 17.9 Å². The summed E-state index contributed by atoms with van der Waals surface area (Å²) in [7, 11) is 0.947. The number of amides is 1. The molecule has 0 heterocycles. The fraction of sp³-hybridized carbons (Fsp3) is 0.417. The number of nitrogens with two attached hydrogens (primary N) is 1. The molecule has 7 nitrogen and oxygen atoms in total. The number of carbonyl (C=O) groups excluding carboxylic acids is 1. The van der Waals surface area contributed by atoms with E-state index in [0.717, 1.165) is 0 Å². The van der Waals surface area contributed by atoms with Crippen LogP contribution in [0.5, 0.6) is 5.75 Å². The van der Waals surface area contributed by atoms with Crippen LogP contribution in [0.4, 0.5) is 5.69 Å². The molecule has 0 aromatic heterocycles. The molecule has 1 aromatic carbocycles. The minimum Gasteiger partial charge on any atom is -0.497 e. The maximum atomic E-state index is 12.0. The lowest BCUT2D eigenvalue weighted by Crippen LogP contribution is -2.30. The summed E-state index contributed by atoms with van der Waals surface area (Å²) < 4.78 is 31.4. The molecule has 0 bridgehead atoms. The molecule has 0 unspecified atom stereocenters. The second-order valence-corrected chi connectivity index (χ2v) is 6.08. The summed E-state index contributed by atoms with van der Waals surface area (Å²) in [6, 6.07) is 4.31. The number of hydrogen-bond donors (Lipinski definition) is 2. The Balaban J connectivity index is 2.77. The van der Waals surface area contributed by atoms with Crippen molar-refractivity contribution in [2.45, 2.75) is 11.3 Å². The number of nitrogen functional groups attached to an aromatic ring is 1. The van der Waals surface area contributed by atoms with E-state index in [1.54, 1.807) is 14.1 Å². The lowest BCUT2D eigenvalue weighted by atomic mass is 10.3. The number of hydrogen-bond acceptors (Lipinski definition) is 5. The molecule has 0 spiro atoms. The van der Waals surface area contributed by atoms with Gasteiger partial charge in [0.1, 0.15) is 10.6 Å². The number of nitrogens with one attached hydrogen (secondary N) is 1. The zero-order valence-electron chi connectivity index (χ0n) is 11.7. The van der Waals surface area contributed by atoms with Crippen LogP contribution >= 0.6 is 0 Å². The molecular weight excluding hydrogens is 282 g/mol. The summed E-state index contributed by atoms with van der Waals surface area (Å²) in [4.78, 5) is 12.7. The van der Waals surface area contributed by atoms with Gasteiger partial charge in [-0.3, -0.25) is 4.79 Å². The zero-order valence-corrected chi connectivity index (χ0v) is 12.5. The Hall–Kier alpha value is -1.80. The molecule has 20 heavy (non-hydrogen) atoms. The van der Waals surface area contributed by atoms with Crippen molar-refractivity contribution >= 4 is 21.6 Å². The fourth-order valence-corrected chi connectivity index (χ4v) is 2.63. The van der Waals surface area contributed by atoms with Crippen LogP contribution in [0.3, 0.4) is 0 Å². The van der Waals surface area contributed by atoms with Crippen LogP contribution in [0.25, 0.3) is 0 Å². The first-order chi connectivity index (χ1) is 9.27. The Labute approximate surface area is 118 Å². The van der Waals surface area contributed by atoms with Gasteiger partial charge in [-0.15, -0.1) is 0 Å². The number of carbonyl (C=O) groups is 1. The van der Waals surface area contributed by atoms with Crippen molar-refractivity contribution in [3.63, 3.8) is 0 Å². The highest BCUT2D eigenvalue weighted by atomic mass is 32.2. The summed E-state index contributed by atoms with van der Waals surface area (Å²) in [5, 5.41) is 0. The van der Waals surface area contributed by atoms with Gasteiger partial charge in [0.2, 0.25) is 15.9 Å². The Morgan fingerprint density at radius 2 is 2.05 bits per heavy atom. The van der Waals surface area contributed by atoms with E-state index in [2.05, 4.69) is 4.72 Å². The first-order valence-electron chi connectivity index (χ1n) is 5.91. The number of anilines is 1. The highest BCUT2D eigenvalue weighted by Crippen LogP contribution is 2.23. The Kier molecular flexibility index (Phi) is 5.34. The largest absolute Gasteiger partial charge is 0.497 e. The van der Waals surface area contributed by atoms with Crippen molar-refractivity contribution in [1.29, 1.82) is 0 Å². The fourth-order valence-electron chi connectivity index (χ4n) is 1.49. The molecule has 1 rings (SSSR count). The average Bonchev–Trinajstić information content (AvgIpc) is 2.37. The molecule has 0 atom stereocenters. The van der Waals surface area contributed by atoms with Gasteiger partial charge in [0.05, 0.1) is 12.8 Å². The number of methoxy groups -OCH3 is 1. The third-order valence-electron chi connectivity index (χ3n) is 2.64. The molecule has 1 amide bonds. The Morgan fingerprint density at radius 1 is 1.40 bits per heavy atom. The summed E-state index contributed by atoms with van der Waals surface area (Å²) in [6.45, 7) is 0.0187. The van der Waals surface area contributed by atoms with Crippen LogP contribution in [0, 0.1) is 0 Å². The molecule has 0 aliphatic heterocycles. The van der Waals surface area contributed by atoms with E-state index in [-0.39, 0.29) is 29.5 Å². The monoisotopic (exact) mass is 301 g/mol. The number of ether oxygens (including phenoxy) is 1. The average molecular weight is 301 g/mol. The number of nitrogens with zero attached hydrogens (tertiary/aromatic N) is 1. The van der Waals surface area contributed by atoms with E-state index >= 15 is 0 Å². The van der Waals surface area contributed by atoms with Crippen molar-refractivity contribution in [3.05, 3.63) is 18.2 Å². The van der Waals surface area contributed by atoms with Gasteiger partial charge in [0.15, 0.2) is 0 Å². The van der Waals surface area contributed by atoms with E-state index in [1.807, 2.05) is 0 Å². The second-order valence-electron chi connectivity index (χ2n) is 4.34. The molecule has 0 saturated carbocycles. The molecule has 0 saturated heterocycles. The smallest absolute Gasteiger partial charge is 0.242 e. The maximum absolute atomic E-state index is 12.0. The van der Waals surface area contributed by atoms with Gasteiger partial charge in [-0.05, 0) is 12.1 Å². The van der Waals surface area contributed by atoms with Gasteiger partial charge >= 0.3 is 0 Å². The summed E-state index contributed by atoms with van der Waals surface area (Å²) in [6.07, 6.45) is 0.0856. The van der Waals surface area contributed by atoms with E-state index in [9.17, 15) is 13.2 Å². The summed E-state index contributed by atoms with van der Waals surface area (Å²) in [5.74, 6) is 0.319. The van der Waals surface area contributed by atoms with Gasteiger partial charge in [-0.25, -0.2) is 13.1 Å². The molecule has 0 radical (unpaired) electrons. The SMILES string of the molecule is COc1ccc(S(=O)(=O)NCCC(=O)N(C)C)c(N)c1. The maximum Gasteiger partial charge on any atom is 0.242 e. The predicted octanol–water partition coefficient (Wildman–Crippen LogP) is 0.0340. The summed E-state index contributed by atoms with van der Waals surface area (Å²) >= 11 is 0. The highest BCUT2D eigenvalue weighted by molar-refractivity contribution is 7.89. The van der Waals surface area contributed by atoms with Crippen molar-refractivity contribution in [2.75, 3.05) is 33.5 Å². The van der Waals surface area contributed by atoms with E-state index in [1.165, 1.54) is 30.2 Å². The standard InChI is InChI=1S/C12H19N3O4S/c1-15(2)12(16)6-7-14-20(17,18)11-5-4-9(19-3)8-10(11)13/h4-5,8,14H,6-7,13H2,1-3H3. The Bertz CT molecular complexity index is 584. The minimum absolute atomic E-state index is 0.0187. The van der Waals surface area contributed by atoms with Gasteiger partial charge < -0.3 is 15.4 Å². The van der Waals surface area contributed by atoms with Crippen LogP contribution in [-0.2, 0) is 14.8 Å². The molecule has 1 aromatic rings. The van der Waals surface area contributed by atoms with Gasteiger partial charge in [0.25, 0.3) is 0 Å². The molecule has 0 fully saturated rings. The first kappa shape index (κ1) is 16.3. The number of sulfonamides is 1. The minimum atomic E-state index is -3.74. The lowest BCUT2D eigenvalue weighted by molar-refractivity contribution is -0.128. The normalized spacial score (nSPS) is 11.2. The molecule has 0 aliphatic carbocycles. The van der Waals surface area contributed by atoms with E-state index in [4.69, 9.17) is 10.5 Å². The van der Waals surface area contributed by atoms with Crippen LogP contribution in [-0.4, -0.2) is 47.0 Å². The van der Waals surface area contributed by atoms with Crippen LogP contribution in [0.2, 0.25) is 0 Å². The third-order valence-corrected chi connectivity index (χ3v) is 4.17. The number of benzene rings is 1. The Morgan fingerprint density at radius 3 is 2.55 bits per heavy atom. The van der Waals surface area contributed by atoms with Gasteiger partial charge in [0, 0.05) is 33.1 Å². The van der Waals surface area contributed by atoms with Crippen LogP contribution in [0.15, 0.2) is 23.1 Å². The van der Waals surface area contributed by atoms with Crippen molar-refractivity contribution in [1.82, 2.24) is 9.62 Å². The van der Waals surface area contributed by atoms with E-state index < -0.39 is 10.0 Å². The molecular formula is C12H19N3O4S. The first-order valence-corrected chi connectivity index (χ1v) is 7.39. The highest BCUT2D eigenvalue weighted by Gasteiger charge is 2.18. The predicted molar refractivity (Wildman–Crippen MR) is 75.9 cm³/mol. The van der Waals surface area contributed by atoms with Crippen molar-refractivity contribution in [2.24, 2.45) is 0 Å². The molecule has 112 valence electrons. The van der Waals surface area contributed by atoms with Crippen molar-refractivity contribution in [3.8, 4) is 5.75 Å². The zero-order chi connectivity index (χ0) is 15.3.